The highest BCUT2D eigenvalue weighted by Gasteiger charge is 2.27. The lowest BCUT2D eigenvalue weighted by Gasteiger charge is -2.31. The second-order valence-electron chi connectivity index (χ2n) is 9.08. The summed E-state index contributed by atoms with van der Waals surface area (Å²) in [6, 6.07) is 0. The van der Waals surface area contributed by atoms with Gasteiger partial charge in [0.15, 0.2) is 0 Å². The van der Waals surface area contributed by atoms with Crippen molar-refractivity contribution in [3.05, 3.63) is 21.0 Å². The Morgan fingerprint density at radius 3 is 2.25 bits per heavy atom. The van der Waals surface area contributed by atoms with Gasteiger partial charge in [0.2, 0.25) is 0 Å². The van der Waals surface area contributed by atoms with Crippen molar-refractivity contribution in [2.75, 3.05) is 20.3 Å². The van der Waals surface area contributed by atoms with Gasteiger partial charge in [-0.3, -0.25) is 4.79 Å². The van der Waals surface area contributed by atoms with Crippen LogP contribution in [0.5, 0.6) is 0 Å². The molecule has 1 N–H and O–H groups in total. The van der Waals surface area contributed by atoms with Crippen LogP contribution in [0.1, 0.15) is 78.6 Å². The lowest BCUT2D eigenvalue weighted by molar-refractivity contribution is -0.143. The average molecular weight is 458 g/mol. The van der Waals surface area contributed by atoms with Crippen LogP contribution in [-0.4, -0.2) is 51.4 Å². The molecular formula is C23H43N3O6. The monoisotopic (exact) mass is 457 g/mol. The van der Waals surface area contributed by atoms with Crippen LogP contribution in [0, 0.1) is 5.41 Å². The molecule has 1 aromatic rings. The highest BCUT2D eigenvalue weighted by molar-refractivity contribution is 5.69. The van der Waals surface area contributed by atoms with E-state index in [9.17, 15) is 19.5 Å². The second-order valence-corrected chi connectivity index (χ2v) is 9.08. The molecule has 0 aromatic carbocycles. The first-order chi connectivity index (χ1) is 15.2. The number of esters is 1. The molecule has 32 heavy (non-hydrogen) atoms. The third-order valence-corrected chi connectivity index (χ3v) is 6.05. The molecule has 1 atom stereocenters. The highest BCUT2D eigenvalue weighted by Crippen LogP contribution is 2.29. The van der Waals surface area contributed by atoms with Crippen LogP contribution in [0.25, 0.3) is 0 Å². The summed E-state index contributed by atoms with van der Waals surface area (Å²) in [6.07, 6.45) is 6.20. The number of aromatic nitrogens is 3. The Bertz CT molecular complexity index is 793. The minimum atomic E-state index is -0.580. The third-order valence-electron chi connectivity index (χ3n) is 6.05. The minimum absolute atomic E-state index is 0.180. The van der Waals surface area contributed by atoms with E-state index in [4.69, 9.17) is 9.47 Å². The molecule has 1 rings (SSSR count). The summed E-state index contributed by atoms with van der Waals surface area (Å²) in [5, 5.41) is 10.7. The Labute approximate surface area is 191 Å². The van der Waals surface area contributed by atoms with E-state index < -0.39 is 6.10 Å². The minimum Gasteiger partial charge on any atom is -0.466 e. The predicted molar refractivity (Wildman–Crippen MR) is 124 cm³/mol. The van der Waals surface area contributed by atoms with Gasteiger partial charge in [-0.25, -0.2) is 23.5 Å². The van der Waals surface area contributed by atoms with Crippen molar-refractivity contribution in [2.24, 2.45) is 12.5 Å². The number of rotatable bonds is 17. The van der Waals surface area contributed by atoms with Gasteiger partial charge in [0.05, 0.1) is 12.7 Å². The number of aliphatic hydroxyl groups is 1. The van der Waals surface area contributed by atoms with E-state index in [1.165, 1.54) is 16.4 Å². The summed E-state index contributed by atoms with van der Waals surface area (Å²) < 4.78 is 14.0. The zero-order valence-corrected chi connectivity index (χ0v) is 20.6. The van der Waals surface area contributed by atoms with Crippen molar-refractivity contribution in [2.45, 2.75) is 97.8 Å². The van der Waals surface area contributed by atoms with Gasteiger partial charge >= 0.3 is 17.3 Å². The summed E-state index contributed by atoms with van der Waals surface area (Å²) in [4.78, 5) is 36.4. The number of hydrogen-bond donors (Lipinski definition) is 1. The first-order valence-corrected chi connectivity index (χ1v) is 11.8. The normalized spacial score (nSPS) is 12.8. The number of unbranched alkanes of at least 4 members (excludes halogenated alkanes) is 4. The zero-order valence-electron chi connectivity index (χ0n) is 20.6. The molecule has 0 aliphatic heterocycles. The van der Waals surface area contributed by atoms with E-state index in [-0.39, 0.29) is 22.8 Å². The van der Waals surface area contributed by atoms with Gasteiger partial charge in [-0.15, -0.1) is 0 Å². The van der Waals surface area contributed by atoms with Crippen LogP contribution in [0.2, 0.25) is 0 Å². The molecule has 0 radical (unpaired) electrons. The standard InChI is InChI=1S/C23H43N3O6/c1-6-32-20(28)13-9-7-8-11-16-25-21(29)24(4)22(30)26(25)17-14-19(27)23(2,3)15-10-12-18-31-5/h19,27H,6-18H2,1-5H3. The Kier molecular flexibility index (Phi) is 12.6. The molecule has 186 valence electrons. The fourth-order valence-electron chi connectivity index (χ4n) is 3.81. The van der Waals surface area contributed by atoms with E-state index >= 15 is 0 Å². The van der Waals surface area contributed by atoms with Crippen LogP contribution in [-0.2, 0) is 34.4 Å². The maximum absolute atomic E-state index is 12.5. The molecule has 0 saturated heterocycles. The van der Waals surface area contributed by atoms with Crippen molar-refractivity contribution in [1.82, 2.24) is 13.9 Å². The number of carbonyl (C=O) groups is 1. The maximum atomic E-state index is 12.5. The first-order valence-electron chi connectivity index (χ1n) is 11.8. The summed E-state index contributed by atoms with van der Waals surface area (Å²) in [5.74, 6) is -0.180. The quantitative estimate of drug-likeness (QED) is 0.285. The SMILES string of the molecule is CCOC(=O)CCCCCCn1c(=O)n(C)c(=O)n1CCC(O)C(C)(C)CCCCOC. The lowest BCUT2D eigenvalue weighted by Crippen LogP contribution is -2.34. The smallest absolute Gasteiger partial charge is 0.346 e. The molecule has 0 fully saturated rings. The van der Waals surface area contributed by atoms with Crippen LogP contribution in [0.4, 0.5) is 0 Å². The molecule has 1 unspecified atom stereocenters. The maximum Gasteiger partial charge on any atom is 0.346 e. The number of hydrogen-bond acceptors (Lipinski definition) is 6. The summed E-state index contributed by atoms with van der Waals surface area (Å²) >= 11 is 0. The molecule has 0 aliphatic carbocycles. The molecule has 0 spiro atoms. The Balaban J connectivity index is 2.60. The van der Waals surface area contributed by atoms with Gasteiger partial charge in [0, 0.05) is 40.3 Å². The van der Waals surface area contributed by atoms with Crippen molar-refractivity contribution in [3.63, 3.8) is 0 Å². The Hall–Kier alpha value is -1.87. The van der Waals surface area contributed by atoms with Gasteiger partial charge in [0.1, 0.15) is 0 Å². The molecule has 0 bridgehead atoms. The van der Waals surface area contributed by atoms with E-state index in [1.807, 2.05) is 13.8 Å². The van der Waals surface area contributed by atoms with Crippen LogP contribution in [0.15, 0.2) is 9.59 Å². The molecule has 1 aromatic heterocycles. The van der Waals surface area contributed by atoms with Crippen molar-refractivity contribution in [3.8, 4) is 0 Å². The van der Waals surface area contributed by atoms with Gasteiger partial charge in [0.25, 0.3) is 0 Å². The molecule has 9 nitrogen and oxygen atoms in total. The molecule has 0 saturated carbocycles. The topological polar surface area (TPSA) is 105 Å². The zero-order chi connectivity index (χ0) is 24.1. The fraction of sp³-hybridized carbons (Fsp3) is 0.870. The van der Waals surface area contributed by atoms with Gasteiger partial charge in [-0.1, -0.05) is 33.1 Å². The number of carbonyl (C=O) groups excluding carboxylic acids is 1. The fourth-order valence-corrected chi connectivity index (χ4v) is 3.81. The number of aliphatic hydroxyl groups excluding tert-OH is 1. The first kappa shape index (κ1) is 28.2. The molecule has 9 heteroatoms. The Morgan fingerprint density at radius 1 is 1.00 bits per heavy atom. The van der Waals surface area contributed by atoms with E-state index in [0.29, 0.717) is 39.1 Å². The third kappa shape index (κ3) is 8.94. The van der Waals surface area contributed by atoms with Crippen LogP contribution < -0.4 is 11.4 Å². The molecule has 1 heterocycles. The predicted octanol–water partition coefficient (Wildman–Crippen LogP) is 2.46. The van der Waals surface area contributed by atoms with Gasteiger partial charge < -0.3 is 14.6 Å². The van der Waals surface area contributed by atoms with Crippen molar-refractivity contribution < 1.29 is 19.4 Å². The van der Waals surface area contributed by atoms with Crippen LogP contribution >= 0.6 is 0 Å². The lowest BCUT2D eigenvalue weighted by atomic mass is 9.80. The van der Waals surface area contributed by atoms with Crippen LogP contribution in [0.3, 0.4) is 0 Å². The molecule has 0 amide bonds. The van der Waals surface area contributed by atoms with Gasteiger partial charge in [-0.05, 0) is 44.4 Å². The summed E-state index contributed by atoms with van der Waals surface area (Å²) in [5.41, 5.74) is -0.979. The average Bonchev–Trinajstić information content (AvgIpc) is 2.95. The number of ether oxygens (including phenoxy) is 2. The largest absolute Gasteiger partial charge is 0.466 e. The van der Waals surface area contributed by atoms with E-state index in [1.54, 1.807) is 14.0 Å². The van der Waals surface area contributed by atoms with Crippen molar-refractivity contribution >= 4 is 5.97 Å². The highest BCUT2D eigenvalue weighted by atomic mass is 16.5. The summed E-state index contributed by atoms with van der Waals surface area (Å²) in [6.45, 7) is 7.68. The Morgan fingerprint density at radius 2 is 1.62 bits per heavy atom. The molecular weight excluding hydrogens is 414 g/mol. The van der Waals surface area contributed by atoms with E-state index in [2.05, 4.69) is 0 Å². The summed E-state index contributed by atoms with van der Waals surface area (Å²) in [7, 11) is 3.16. The van der Waals surface area contributed by atoms with Crippen molar-refractivity contribution in [1.29, 1.82) is 0 Å². The number of methoxy groups -OCH3 is 1. The number of nitrogens with zero attached hydrogens (tertiary/aromatic N) is 3. The van der Waals surface area contributed by atoms with Gasteiger partial charge in [-0.2, -0.15) is 0 Å². The van der Waals surface area contributed by atoms with E-state index in [0.717, 1.165) is 49.5 Å². The second kappa shape index (κ2) is 14.3. The molecule has 0 aliphatic rings.